The predicted octanol–water partition coefficient (Wildman–Crippen LogP) is 2.10. The molecule has 41 heavy (non-hydrogen) atoms. The number of sulfonamides is 1. The SMILES string of the molecule is COC1=NC(c2nnc(NS(=O)(=O)[C@H](C)[C@@H](O)c3ccc(F)cc3S(C)(=O)=O)n2-c2c(O)cccc2OC)=C=C=C1. The van der Waals surface area contributed by atoms with E-state index < -0.39 is 47.9 Å². The molecular weight excluding hydrogens is 581 g/mol. The molecule has 0 fully saturated rings. The van der Waals surface area contributed by atoms with Crippen LogP contribution in [0.1, 0.15) is 24.4 Å². The normalized spacial score (nSPS) is 14.7. The van der Waals surface area contributed by atoms with Crippen molar-refractivity contribution in [1.82, 2.24) is 14.8 Å². The van der Waals surface area contributed by atoms with Gasteiger partial charge in [0.2, 0.25) is 21.9 Å². The number of rotatable bonds is 9. The first-order valence-electron chi connectivity index (χ1n) is 11.6. The number of hydrogen-bond acceptors (Lipinski definition) is 11. The van der Waals surface area contributed by atoms with Gasteiger partial charge in [-0.1, -0.05) is 17.9 Å². The molecule has 0 saturated heterocycles. The lowest BCUT2D eigenvalue weighted by Crippen LogP contribution is -2.32. The molecule has 1 aliphatic heterocycles. The number of aliphatic imine (C=N–C) groups is 1. The highest BCUT2D eigenvalue weighted by molar-refractivity contribution is 7.93. The molecule has 16 heteroatoms. The van der Waals surface area contributed by atoms with E-state index in [-0.39, 0.29) is 40.2 Å². The van der Waals surface area contributed by atoms with E-state index in [0.29, 0.717) is 6.07 Å². The fourth-order valence-electron chi connectivity index (χ4n) is 3.88. The van der Waals surface area contributed by atoms with Crippen LogP contribution in [0.3, 0.4) is 0 Å². The molecule has 0 bridgehead atoms. The zero-order valence-electron chi connectivity index (χ0n) is 22.0. The van der Waals surface area contributed by atoms with Crippen molar-refractivity contribution >= 4 is 37.4 Å². The van der Waals surface area contributed by atoms with Gasteiger partial charge in [0, 0.05) is 11.8 Å². The summed E-state index contributed by atoms with van der Waals surface area (Å²) < 4.78 is 79.1. The summed E-state index contributed by atoms with van der Waals surface area (Å²) in [7, 11) is -5.91. The van der Waals surface area contributed by atoms with Crippen molar-refractivity contribution in [1.29, 1.82) is 0 Å². The molecule has 1 aliphatic rings. The molecule has 2 heterocycles. The van der Waals surface area contributed by atoms with Crippen molar-refractivity contribution in [3.63, 3.8) is 0 Å². The van der Waals surface area contributed by atoms with Crippen LogP contribution in [0.25, 0.3) is 11.4 Å². The number of methoxy groups -OCH3 is 2. The first kappa shape index (κ1) is 29.5. The van der Waals surface area contributed by atoms with Crippen LogP contribution in [0.5, 0.6) is 11.5 Å². The Balaban J connectivity index is 1.84. The quantitative estimate of drug-likeness (QED) is 0.306. The van der Waals surface area contributed by atoms with Crippen molar-refractivity contribution in [2.24, 2.45) is 4.99 Å². The molecule has 1 aromatic heterocycles. The number of phenols is 1. The highest BCUT2D eigenvalue weighted by Crippen LogP contribution is 2.37. The van der Waals surface area contributed by atoms with Crippen LogP contribution in [0.4, 0.5) is 10.3 Å². The smallest absolute Gasteiger partial charge is 0.243 e. The van der Waals surface area contributed by atoms with Gasteiger partial charge >= 0.3 is 0 Å². The summed E-state index contributed by atoms with van der Waals surface area (Å²) in [6.45, 7) is 1.12. The van der Waals surface area contributed by atoms with Crippen LogP contribution in [0.2, 0.25) is 0 Å². The molecule has 0 spiro atoms. The fraction of sp³-hybridized carbons (Fsp3) is 0.240. The predicted molar refractivity (Wildman–Crippen MR) is 145 cm³/mol. The maximum absolute atomic E-state index is 13.8. The number of aliphatic hydroxyl groups excluding tert-OH is 1. The van der Waals surface area contributed by atoms with E-state index in [4.69, 9.17) is 9.47 Å². The molecule has 0 aliphatic carbocycles. The molecule has 3 aromatic rings. The summed E-state index contributed by atoms with van der Waals surface area (Å²) in [5.74, 6) is -1.52. The van der Waals surface area contributed by atoms with Crippen molar-refractivity contribution < 1.29 is 40.9 Å². The lowest BCUT2D eigenvalue weighted by Gasteiger charge is -2.22. The van der Waals surface area contributed by atoms with E-state index in [1.54, 1.807) is 0 Å². The molecule has 13 nitrogen and oxygen atoms in total. The first-order valence-corrected chi connectivity index (χ1v) is 15.1. The van der Waals surface area contributed by atoms with Gasteiger partial charge in [0.05, 0.1) is 31.3 Å². The third-order valence-corrected chi connectivity index (χ3v) is 8.83. The number of aromatic hydroxyl groups is 1. The molecule has 0 radical (unpaired) electrons. The largest absolute Gasteiger partial charge is 0.506 e. The zero-order chi connectivity index (χ0) is 30.1. The van der Waals surface area contributed by atoms with Crippen molar-refractivity contribution in [2.75, 3.05) is 25.2 Å². The number of anilines is 1. The van der Waals surface area contributed by atoms with Gasteiger partial charge in [0.25, 0.3) is 0 Å². The minimum absolute atomic E-state index is 0.0183. The highest BCUT2D eigenvalue weighted by Gasteiger charge is 2.35. The van der Waals surface area contributed by atoms with Crippen molar-refractivity contribution in [3.05, 3.63) is 71.1 Å². The minimum atomic E-state index is -4.58. The summed E-state index contributed by atoms with van der Waals surface area (Å²) in [5, 5.41) is 27.9. The van der Waals surface area contributed by atoms with Gasteiger partial charge in [-0.2, -0.15) is 0 Å². The number of aromatic nitrogens is 3. The third kappa shape index (κ3) is 5.87. The Bertz CT molecular complexity index is 1870. The highest BCUT2D eigenvalue weighted by atomic mass is 32.2. The third-order valence-electron chi connectivity index (χ3n) is 5.97. The molecule has 0 amide bonds. The Labute approximate surface area is 234 Å². The van der Waals surface area contributed by atoms with Crippen molar-refractivity contribution in [3.8, 4) is 17.2 Å². The number of nitrogens with zero attached hydrogens (tertiary/aromatic N) is 4. The number of ether oxygens (including phenoxy) is 2. The van der Waals surface area contributed by atoms with E-state index in [2.05, 4.69) is 31.4 Å². The van der Waals surface area contributed by atoms with E-state index in [0.717, 1.165) is 29.9 Å². The monoisotopic (exact) mass is 605 g/mol. The molecular formula is C25H24FN5O8S2. The lowest BCUT2D eigenvalue weighted by molar-refractivity contribution is 0.173. The minimum Gasteiger partial charge on any atom is -0.506 e. The van der Waals surface area contributed by atoms with Crippen LogP contribution in [-0.4, -0.2) is 73.4 Å². The lowest BCUT2D eigenvalue weighted by atomic mass is 10.1. The van der Waals surface area contributed by atoms with Gasteiger partial charge in [0.1, 0.15) is 28.3 Å². The van der Waals surface area contributed by atoms with E-state index in [1.807, 2.05) is 0 Å². The average Bonchev–Trinajstić information content (AvgIpc) is 3.33. The van der Waals surface area contributed by atoms with E-state index >= 15 is 0 Å². The number of hydrogen-bond donors (Lipinski definition) is 3. The molecule has 0 unspecified atom stereocenters. The first-order chi connectivity index (χ1) is 19.3. The molecule has 4 rings (SSSR count). The Morgan fingerprint density at radius 2 is 1.83 bits per heavy atom. The van der Waals surface area contributed by atoms with Crippen LogP contribution >= 0.6 is 0 Å². The summed E-state index contributed by atoms with van der Waals surface area (Å²) in [4.78, 5) is 3.66. The number of para-hydroxylation sites is 1. The van der Waals surface area contributed by atoms with Crippen LogP contribution < -0.4 is 9.46 Å². The van der Waals surface area contributed by atoms with Crippen LogP contribution in [0, 0.1) is 5.82 Å². The van der Waals surface area contributed by atoms with Crippen LogP contribution in [-0.2, 0) is 24.6 Å². The zero-order valence-corrected chi connectivity index (χ0v) is 23.7. The second-order valence-electron chi connectivity index (χ2n) is 8.68. The second kappa shape index (κ2) is 11.2. The molecule has 0 saturated carbocycles. The number of aliphatic hydroxyl groups is 1. The summed E-state index contributed by atoms with van der Waals surface area (Å²) in [6.07, 6.45) is 0.300. The fourth-order valence-corrected chi connectivity index (χ4v) is 5.88. The number of phenolic OH excluding ortho intramolecular Hbond substituents is 1. The van der Waals surface area contributed by atoms with Gasteiger partial charge in [-0.25, -0.2) is 26.2 Å². The Morgan fingerprint density at radius 1 is 1.10 bits per heavy atom. The van der Waals surface area contributed by atoms with E-state index in [1.165, 1.54) is 38.5 Å². The summed E-state index contributed by atoms with van der Waals surface area (Å²) in [5.41, 5.74) is 5.06. The van der Waals surface area contributed by atoms with Crippen LogP contribution in [0.15, 0.2) is 63.8 Å². The van der Waals surface area contributed by atoms with Gasteiger partial charge < -0.3 is 19.7 Å². The standard InChI is InChI=1S/C25H24FN5O8S2/c1-14(23(33)16-12-11-15(26)13-20(16)40(4,34)35)41(36,37)30-25-29-28-24(17-7-5-10-21(27-17)39-3)31(25)22-18(32)8-6-9-19(22)38-2/h6,8-14,23,32-33H,1-4H3,(H,29,30)/t14-,23-/m1/s1. The maximum Gasteiger partial charge on any atom is 0.243 e. The van der Waals surface area contributed by atoms with Gasteiger partial charge in [0.15, 0.2) is 21.4 Å². The average molecular weight is 606 g/mol. The maximum atomic E-state index is 13.8. The Hall–Kier alpha value is -4.46. The van der Waals surface area contributed by atoms with E-state index in [9.17, 15) is 31.4 Å². The number of halogens is 1. The Morgan fingerprint density at radius 3 is 2.49 bits per heavy atom. The number of sulfone groups is 1. The topological polar surface area (TPSA) is 182 Å². The summed E-state index contributed by atoms with van der Waals surface area (Å²) in [6, 6.07) is 6.92. The number of nitrogens with one attached hydrogen (secondary N) is 1. The summed E-state index contributed by atoms with van der Waals surface area (Å²) >= 11 is 0. The van der Waals surface area contributed by atoms with Gasteiger partial charge in [-0.05, 0) is 36.9 Å². The van der Waals surface area contributed by atoms with Crippen molar-refractivity contribution in [2.45, 2.75) is 23.2 Å². The molecule has 216 valence electrons. The molecule has 2 atom stereocenters. The second-order valence-corrected chi connectivity index (χ2v) is 12.7. The van der Waals surface area contributed by atoms with Gasteiger partial charge in [-0.3, -0.25) is 9.29 Å². The Kier molecular flexibility index (Phi) is 8.06. The number of benzene rings is 2. The molecule has 3 N–H and O–H groups in total. The molecule has 2 aromatic carbocycles. The van der Waals surface area contributed by atoms with Gasteiger partial charge in [-0.15, -0.1) is 10.2 Å².